The standard InChI is InChI=1S/C20H18FN3O3/c1-12-18(24-20(27-12)16-5-3-4-6-17(16)21)11-19(26)23-15-9-7-14(8-10-15)22-13(2)25/h3-10H,11H2,1-2H3,(H,22,25)(H,23,26). The van der Waals surface area contributed by atoms with Gasteiger partial charge in [-0.15, -0.1) is 0 Å². The Morgan fingerprint density at radius 3 is 2.30 bits per heavy atom. The van der Waals surface area contributed by atoms with Crippen molar-refractivity contribution in [3.63, 3.8) is 0 Å². The minimum atomic E-state index is -0.436. The molecular weight excluding hydrogens is 349 g/mol. The van der Waals surface area contributed by atoms with Crippen LogP contribution in [-0.4, -0.2) is 16.8 Å². The first-order valence-corrected chi connectivity index (χ1v) is 8.31. The van der Waals surface area contributed by atoms with Gasteiger partial charge in [0.05, 0.1) is 17.7 Å². The highest BCUT2D eigenvalue weighted by Gasteiger charge is 2.17. The van der Waals surface area contributed by atoms with E-state index in [-0.39, 0.29) is 29.7 Å². The van der Waals surface area contributed by atoms with Crippen LogP contribution in [-0.2, 0) is 16.0 Å². The number of anilines is 2. The summed E-state index contributed by atoms with van der Waals surface area (Å²) in [4.78, 5) is 27.5. The van der Waals surface area contributed by atoms with Crippen molar-refractivity contribution < 1.29 is 18.4 Å². The van der Waals surface area contributed by atoms with E-state index in [0.29, 0.717) is 22.8 Å². The number of oxazole rings is 1. The number of hydrogen-bond donors (Lipinski definition) is 2. The van der Waals surface area contributed by atoms with Crippen molar-refractivity contribution in [1.29, 1.82) is 0 Å². The van der Waals surface area contributed by atoms with Crippen LogP contribution >= 0.6 is 0 Å². The summed E-state index contributed by atoms with van der Waals surface area (Å²) in [6.07, 6.45) is -0.00274. The molecule has 0 aliphatic carbocycles. The number of aryl methyl sites for hydroxylation is 1. The Morgan fingerprint density at radius 1 is 1.04 bits per heavy atom. The molecule has 3 rings (SSSR count). The van der Waals surface area contributed by atoms with Crippen LogP contribution in [0.1, 0.15) is 18.4 Å². The van der Waals surface area contributed by atoms with E-state index in [1.54, 1.807) is 49.4 Å². The second kappa shape index (κ2) is 7.82. The fourth-order valence-corrected chi connectivity index (χ4v) is 2.54. The van der Waals surface area contributed by atoms with Gasteiger partial charge in [-0.05, 0) is 43.3 Å². The van der Waals surface area contributed by atoms with E-state index in [4.69, 9.17) is 4.42 Å². The van der Waals surface area contributed by atoms with Crippen molar-refractivity contribution in [2.75, 3.05) is 10.6 Å². The molecule has 6 nitrogen and oxygen atoms in total. The number of carbonyl (C=O) groups is 2. The molecule has 1 aromatic heterocycles. The number of hydrogen-bond acceptors (Lipinski definition) is 4. The minimum absolute atomic E-state index is 0.00274. The predicted molar refractivity (Wildman–Crippen MR) is 99.7 cm³/mol. The molecule has 0 atom stereocenters. The number of halogens is 1. The highest BCUT2D eigenvalue weighted by atomic mass is 19.1. The Kier molecular flexibility index (Phi) is 5.30. The molecule has 1 heterocycles. The molecule has 7 heteroatoms. The third-order valence-electron chi connectivity index (χ3n) is 3.81. The van der Waals surface area contributed by atoms with E-state index >= 15 is 0 Å². The second-order valence-corrected chi connectivity index (χ2v) is 5.99. The summed E-state index contributed by atoms with van der Waals surface area (Å²) in [5, 5.41) is 5.40. The third kappa shape index (κ3) is 4.58. The molecule has 0 spiro atoms. The monoisotopic (exact) mass is 367 g/mol. The van der Waals surface area contributed by atoms with Crippen LogP contribution in [0.5, 0.6) is 0 Å². The van der Waals surface area contributed by atoms with E-state index in [1.165, 1.54) is 13.0 Å². The highest BCUT2D eigenvalue weighted by molar-refractivity contribution is 5.93. The van der Waals surface area contributed by atoms with Crippen molar-refractivity contribution in [3.05, 3.63) is 65.8 Å². The summed E-state index contributed by atoms with van der Waals surface area (Å²) in [5.41, 5.74) is 1.92. The molecule has 0 aliphatic heterocycles. The van der Waals surface area contributed by atoms with Gasteiger partial charge < -0.3 is 15.1 Å². The number of rotatable bonds is 5. The lowest BCUT2D eigenvalue weighted by Gasteiger charge is -2.06. The van der Waals surface area contributed by atoms with E-state index in [1.807, 2.05) is 0 Å². The summed E-state index contributed by atoms with van der Waals surface area (Å²) < 4.78 is 19.4. The van der Waals surface area contributed by atoms with Crippen molar-refractivity contribution in [2.24, 2.45) is 0 Å². The fraction of sp³-hybridized carbons (Fsp3) is 0.150. The molecule has 0 aliphatic rings. The Labute approximate surface area is 155 Å². The van der Waals surface area contributed by atoms with Gasteiger partial charge >= 0.3 is 0 Å². The molecule has 2 amide bonds. The average Bonchev–Trinajstić information content (AvgIpc) is 2.97. The van der Waals surface area contributed by atoms with Crippen LogP contribution in [0.4, 0.5) is 15.8 Å². The SMILES string of the molecule is CC(=O)Nc1ccc(NC(=O)Cc2nc(-c3ccccc3F)oc2C)cc1. The van der Waals surface area contributed by atoms with Crippen LogP contribution in [0.15, 0.2) is 52.9 Å². The quantitative estimate of drug-likeness (QED) is 0.716. The largest absolute Gasteiger partial charge is 0.441 e. The Morgan fingerprint density at radius 2 is 1.67 bits per heavy atom. The molecule has 138 valence electrons. The Balaban J connectivity index is 1.68. The molecule has 2 N–H and O–H groups in total. The normalized spacial score (nSPS) is 10.5. The van der Waals surface area contributed by atoms with Gasteiger partial charge in [0.2, 0.25) is 17.7 Å². The smallest absolute Gasteiger partial charge is 0.230 e. The summed E-state index contributed by atoms with van der Waals surface area (Å²) >= 11 is 0. The van der Waals surface area contributed by atoms with Gasteiger partial charge in [-0.1, -0.05) is 12.1 Å². The molecule has 0 saturated heterocycles. The zero-order valence-corrected chi connectivity index (χ0v) is 14.9. The second-order valence-electron chi connectivity index (χ2n) is 5.99. The molecule has 3 aromatic rings. The molecule has 0 unspecified atom stereocenters. The van der Waals surface area contributed by atoms with Crippen molar-refractivity contribution in [1.82, 2.24) is 4.98 Å². The molecule has 0 saturated carbocycles. The first-order valence-electron chi connectivity index (χ1n) is 8.31. The highest BCUT2D eigenvalue weighted by Crippen LogP contribution is 2.24. The van der Waals surface area contributed by atoms with Crippen molar-refractivity contribution in [3.8, 4) is 11.5 Å². The van der Waals surface area contributed by atoms with E-state index < -0.39 is 5.82 Å². The number of nitrogens with one attached hydrogen (secondary N) is 2. The summed E-state index contributed by atoms with van der Waals surface area (Å²) in [5.74, 6) is -0.274. The van der Waals surface area contributed by atoms with Crippen molar-refractivity contribution in [2.45, 2.75) is 20.3 Å². The summed E-state index contributed by atoms with van der Waals surface area (Å²) in [7, 11) is 0. The van der Waals surface area contributed by atoms with Gasteiger partial charge in [0.1, 0.15) is 11.6 Å². The number of nitrogens with zero attached hydrogens (tertiary/aromatic N) is 1. The van der Waals surface area contributed by atoms with Gasteiger partial charge in [0.15, 0.2) is 0 Å². The van der Waals surface area contributed by atoms with Crippen LogP contribution in [0.2, 0.25) is 0 Å². The van der Waals surface area contributed by atoms with E-state index in [2.05, 4.69) is 15.6 Å². The lowest BCUT2D eigenvalue weighted by Crippen LogP contribution is -2.15. The van der Waals surface area contributed by atoms with Gasteiger partial charge in [0, 0.05) is 18.3 Å². The minimum Gasteiger partial charge on any atom is -0.441 e. The molecule has 0 fully saturated rings. The zero-order chi connectivity index (χ0) is 19.4. The Bertz CT molecular complexity index is 980. The van der Waals surface area contributed by atoms with Crippen LogP contribution < -0.4 is 10.6 Å². The predicted octanol–water partition coefficient (Wildman–Crippen LogP) is 3.93. The van der Waals surface area contributed by atoms with E-state index in [0.717, 1.165) is 0 Å². The maximum atomic E-state index is 13.9. The molecule has 0 radical (unpaired) electrons. The number of benzene rings is 2. The van der Waals surface area contributed by atoms with Crippen LogP contribution in [0.25, 0.3) is 11.5 Å². The Hall–Kier alpha value is -3.48. The van der Waals surface area contributed by atoms with Gasteiger partial charge in [-0.3, -0.25) is 9.59 Å². The lowest BCUT2D eigenvalue weighted by molar-refractivity contribution is -0.116. The van der Waals surface area contributed by atoms with Crippen molar-refractivity contribution >= 4 is 23.2 Å². The maximum absolute atomic E-state index is 13.9. The summed E-state index contributed by atoms with van der Waals surface area (Å²) in [6, 6.07) is 12.9. The van der Waals surface area contributed by atoms with Crippen LogP contribution in [0.3, 0.4) is 0 Å². The fourth-order valence-electron chi connectivity index (χ4n) is 2.54. The van der Waals surface area contributed by atoms with Gasteiger partial charge in [-0.2, -0.15) is 0 Å². The summed E-state index contributed by atoms with van der Waals surface area (Å²) in [6.45, 7) is 3.10. The van der Waals surface area contributed by atoms with Crippen LogP contribution in [0, 0.1) is 12.7 Å². The number of amides is 2. The van der Waals surface area contributed by atoms with E-state index in [9.17, 15) is 14.0 Å². The molecule has 0 bridgehead atoms. The molecular formula is C20H18FN3O3. The average molecular weight is 367 g/mol. The topological polar surface area (TPSA) is 84.2 Å². The zero-order valence-electron chi connectivity index (χ0n) is 14.9. The number of carbonyl (C=O) groups excluding carboxylic acids is 2. The first kappa shape index (κ1) is 18.3. The first-order chi connectivity index (χ1) is 12.9. The lowest BCUT2D eigenvalue weighted by atomic mass is 10.2. The van der Waals surface area contributed by atoms with Gasteiger partial charge in [0.25, 0.3) is 0 Å². The van der Waals surface area contributed by atoms with Gasteiger partial charge in [-0.25, -0.2) is 9.37 Å². The maximum Gasteiger partial charge on any atom is 0.230 e. The molecule has 2 aromatic carbocycles. The number of aromatic nitrogens is 1. The third-order valence-corrected chi connectivity index (χ3v) is 3.81. The molecule has 27 heavy (non-hydrogen) atoms.